The highest BCUT2D eigenvalue weighted by molar-refractivity contribution is 6.21. The van der Waals surface area contributed by atoms with E-state index in [-0.39, 0.29) is 11.8 Å². The molecule has 1 aromatic carbocycles. The lowest BCUT2D eigenvalue weighted by molar-refractivity contribution is 0.0652. The molecule has 1 N–H and O–H groups in total. The standard InChI is InChI=1S/C22H32N4O2/c1-4-5-6-7-11-16-25(3)22(23-2)24-15-10-12-17-26-20(27)18-13-8-9-14-19(18)21(26)28/h4,8-9,13-14H,1,5-7,10-12,15-17H2,2-3H3,(H,23,24). The maximum atomic E-state index is 12.3. The summed E-state index contributed by atoms with van der Waals surface area (Å²) in [5.41, 5.74) is 1.03. The summed E-state index contributed by atoms with van der Waals surface area (Å²) < 4.78 is 0. The van der Waals surface area contributed by atoms with Crippen LogP contribution < -0.4 is 5.32 Å². The van der Waals surface area contributed by atoms with Crippen molar-refractivity contribution in [3.63, 3.8) is 0 Å². The molecule has 152 valence electrons. The van der Waals surface area contributed by atoms with Gasteiger partial charge in [-0.2, -0.15) is 0 Å². The largest absolute Gasteiger partial charge is 0.356 e. The van der Waals surface area contributed by atoms with Crippen LogP contribution in [0.15, 0.2) is 41.9 Å². The van der Waals surface area contributed by atoms with E-state index in [1.807, 2.05) is 13.1 Å². The van der Waals surface area contributed by atoms with Crippen LogP contribution in [0.3, 0.4) is 0 Å². The lowest BCUT2D eigenvalue weighted by Gasteiger charge is -2.22. The quantitative estimate of drug-likeness (QED) is 0.209. The van der Waals surface area contributed by atoms with Gasteiger partial charge in [0.2, 0.25) is 0 Å². The van der Waals surface area contributed by atoms with Gasteiger partial charge in [0.15, 0.2) is 5.96 Å². The molecule has 0 radical (unpaired) electrons. The first-order chi connectivity index (χ1) is 13.6. The van der Waals surface area contributed by atoms with Gasteiger partial charge in [-0.15, -0.1) is 6.58 Å². The summed E-state index contributed by atoms with van der Waals surface area (Å²) in [6, 6.07) is 7.01. The first kappa shape index (κ1) is 21.7. The molecule has 0 aliphatic carbocycles. The van der Waals surface area contributed by atoms with E-state index in [9.17, 15) is 9.59 Å². The Bertz CT molecular complexity index is 679. The molecule has 0 saturated heterocycles. The zero-order valence-electron chi connectivity index (χ0n) is 17.1. The summed E-state index contributed by atoms with van der Waals surface area (Å²) in [5, 5.41) is 3.36. The summed E-state index contributed by atoms with van der Waals surface area (Å²) in [4.78, 5) is 32.5. The average molecular weight is 385 g/mol. The Morgan fingerprint density at radius 2 is 1.79 bits per heavy atom. The zero-order chi connectivity index (χ0) is 20.4. The molecule has 0 bridgehead atoms. The number of nitrogens with zero attached hydrogens (tertiary/aromatic N) is 3. The van der Waals surface area contributed by atoms with Crippen molar-refractivity contribution in [2.45, 2.75) is 38.5 Å². The number of amides is 2. The van der Waals surface area contributed by atoms with Crippen molar-refractivity contribution in [2.75, 3.05) is 33.7 Å². The number of hydrogen-bond donors (Lipinski definition) is 1. The van der Waals surface area contributed by atoms with Crippen LogP contribution in [-0.4, -0.2) is 61.3 Å². The average Bonchev–Trinajstić information content (AvgIpc) is 2.95. The minimum absolute atomic E-state index is 0.180. The molecule has 6 heteroatoms. The summed E-state index contributed by atoms with van der Waals surface area (Å²) in [7, 11) is 3.83. The maximum absolute atomic E-state index is 12.3. The van der Waals surface area contributed by atoms with Crippen LogP contribution in [-0.2, 0) is 0 Å². The Hall–Kier alpha value is -2.63. The number of carbonyl (C=O) groups is 2. The summed E-state index contributed by atoms with van der Waals surface area (Å²) >= 11 is 0. The molecule has 1 aliphatic heterocycles. The van der Waals surface area contributed by atoms with E-state index in [0.29, 0.717) is 17.7 Å². The SMILES string of the molecule is C=CCCCCCN(C)C(=NC)NCCCCN1C(=O)c2ccccc2C1=O. The van der Waals surface area contributed by atoms with Crippen molar-refractivity contribution < 1.29 is 9.59 Å². The molecule has 28 heavy (non-hydrogen) atoms. The van der Waals surface area contributed by atoms with E-state index >= 15 is 0 Å². The van der Waals surface area contributed by atoms with Crippen molar-refractivity contribution in [3.8, 4) is 0 Å². The highest BCUT2D eigenvalue weighted by Crippen LogP contribution is 2.22. The van der Waals surface area contributed by atoms with Gasteiger partial charge >= 0.3 is 0 Å². The highest BCUT2D eigenvalue weighted by Gasteiger charge is 2.34. The molecule has 1 heterocycles. The predicted molar refractivity (Wildman–Crippen MR) is 114 cm³/mol. The van der Waals surface area contributed by atoms with Crippen molar-refractivity contribution >= 4 is 17.8 Å². The maximum Gasteiger partial charge on any atom is 0.261 e. The fourth-order valence-electron chi connectivity index (χ4n) is 3.34. The number of imide groups is 1. The van der Waals surface area contributed by atoms with Gasteiger partial charge in [0.05, 0.1) is 11.1 Å². The molecule has 0 spiro atoms. The molecule has 1 aromatic rings. The molecular formula is C22H32N4O2. The van der Waals surface area contributed by atoms with Crippen molar-refractivity contribution in [2.24, 2.45) is 4.99 Å². The number of nitrogens with one attached hydrogen (secondary N) is 1. The number of guanidine groups is 1. The van der Waals surface area contributed by atoms with Gasteiger partial charge in [0.25, 0.3) is 11.8 Å². The van der Waals surface area contributed by atoms with E-state index < -0.39 is 0 Å². The Morgan fingerprint density at radius 1 is 1.11 bits per heavy atom. The number of fused-ring (bicyclic) bond motifs is 1. The summed E-state index contributed by atoms with van der Waals surface area (Å²) in [6.45, 7) is 5.92. The molecule has 0 aromatic heterocycles. The van der Waals surface area contributed by atoms with Gasteiger partial charge in [0, 0.05) is 33.7 Å². The first-order valence-corrected chi connectivity index (χ1v) is 10.1. The third-order valence-corrected chi connectivity index (χ3v) is 4.94. The molecule has 2 amide bonds. The van der Waals surface area contributed by atoms with E-state index in [1.54, 1.807) is 31.3 Å². The van der Waals surface area contributed by atoms with Gasteiger partial charge < -0.3 is 10.2 Å². The molecular weight excluding hydrogens is 352 g/mol. The molecule has 6 nitrogen and oxygen atoms in total. The minimum atomic E-state index is -0.180. The number of benzene rings is 1. The molecule has 0 unspecified atom stereocenters. The Kier molecular flexibility index (Phi) is 8.72. The van der Waals surface area contributed by atoms with Gasteiger partial charge in [-0.1, -0.05) is 24.6 Å². The number of aliphatic imine (C=N–C) groups is 1. The second kappa shape index (κ2) is 11.3. The summed E-state index contributed by atoms with van der Waals surface area (Å²) in [6.07, 6.45) is 8.16. The van der Waals surface area contributed by atoms with Crippen LogP contribution in [0.5, 0.6) is 0 Å². The van der Waals surface area contributed by atoms with Crippen LogP contribution in [0.1, 0.15) is 59.2 Å². The third kappa shape index (κ3) is 5.68. The monoisotopic (exact) mass is 384 g/mol. The normalized spacial score (nSPS) is 13.6. The first-order valence-electron chi connectivity index (χ1n) is 10.1. The predicted octanol–water partition coefficient (Wildman–Crippen LogP) is 3.32. The van der Waals surface area contributed by atoms with Crippen LogP contribution in [0.25, 0.3) is 0 Å². The van der Waals surface area contributed by atoms with Gasteiger partial charge in [0.1, 0.15) is 0 Å². The van der Waals surface area contributed by atoms with E-state index in [1.165, 1.54) is 17.7 Å². The second-order valence-corrected chi connectivity index (χ2v) is 7.05. The molecule has 0 fully saturated rings. The van der Waals surface area contributed by atoms with Crippen LogP contribution in [0.4, 0.5) is 0 Å². The van der Waals surface area contributed by atoms with Gasteiger partial charge in [-0.25, -0.2) is 0 Å². The second-order valence-electron chi connectivity index (χ2n) is 7.05. The van der Waals surface area contributed by atoms with Crippen molar-refractivity contribution in [3.05, 3.63) is 48.0 Å². The van der Waals surface area contributed by atoms with E-state index in [0.717, 1.165) is 44.7 Å². The minimum Gasteiger partial charge on any atom is -0.356 e. The Morgan fingerprint density at radius 3 is 2.39 bits per heavy atom. The molecule has 0 atom stereocenters. The van der Waals surface area contributed by atoms with Crippen molar-refractivity contribution in [1.82, 2.24) is 15.1 Å². The Labute approximate surface area is 168 Å². The van der Waals surface area contributed by atoms with Gasteiger partial charge in [-0.05, 0) is 44.2 Å². The third-order valence-electron chi connectivity index (χ3n) is 4.94. The number of rotatable bonds is 11. The Balaban J connectivity index is 1.66. The van der Waals surface area contributed by atoms with Crippen LogP contribution in [0.2, 0.25) is 0 Å². The van der Waals surface area contributed by atoms with E-state index in [2.05, 4.69) is 21.8 Å². The molecule has 2 rings (SSSR count). The molecule has 1 aliphatic rings. The van der Waals surface area contributed by atoms with E-state index in [4.69, 9.17) is 0 Å². The number of unbranched alkanes of at least 4 members (excludes halogenated alkanes) is 4. The lowest BCUT2D eigenvalue weighted by atomic mass is 10.1. The smallest absolute Gasteiger partial charge is 0.261 e. The topological polar surface area (TPSA) is 65.0 Å². The number of allylic oxidation sites excluding steroid dienone is 1. The number of hydrogen-bond acceptors (Lipinski definition) is 3. The van der Waals surface area contributed by atoms with Gasteiger partial charge in [-0.3, -0.25) is 19.5 Å². The molecule has 0 saturated carbocycles. The van der Waals surface area contributed by atoms with Crippen LogP contribution >= 0.6 is 0 Å². The van der Waals surface area contributed by atoms with Crippen molar-refractivity contribution in [1.29, 1.82) is 0 Å². The highest BCUT2D eigenvalue weighted by atomic mass is 16.2. The fourth-order valence-corrected chi connectivity index (χ4v) is 3.34. The van der Waals surface area contributed by atoms with Crippen LogP contribution in [0, 0.1) is 0 Å². The zero-order valence-corrected chi connectivity index (χ0v) is 17.1. The summed E-state index contributed by atoms with van der Waals surface area (Å²) in [5.74, 6) is 0.519. The lowest BCUT2D eigenvalue weighted by Crippen LogP contribution is -2.40. The number of carbonyl (C=O) groups excluding carboxylic acids is 2. The fraction of sp³-hybridized carbons (Fsp3) is 0.500.